The maximum atomic E-state index is 13.4. The molecule has 0 spiro atoms. The fraction of sp³-hybridized carbons (Fsp3) is 0.120. The van der Waals surface area contributed by atoms with Gasteiger partial charge in [-0.15, -0.1) is 11.8 Å². The van der Waals surface area contributed by atoms with E-state index in [1.165, 1.54) is 16.7 Å². The molecule has 0 atom stereocenters. The predicted octanol–water partition coefficient (Wildman–Crippen LogP) is 5.52. The number of hydrogen-bond acceptors (Lipinski definition) is 3. The Morgan fingerprint density at radius 2 is 1.41 bits per heavy atom. The number of carbonyl (C=O) groups is 2. The van der Waals surface area contributed by atoms with Crippen molar-refractivity contribution in [1.82, 2.24) is 0 Å². The molecule has 1 heterocycles. The van der Waals surface area contributed by atoms with Crippen LogP contribution in [0.4, 0.5) is 5.69 Å². The molecule has 1 aliphatic rings. The van der Waals surface area contributed by atoms with Gasteiger partial charge in [0.25, 0.3) is 11.8 Å². The van der Waals surface area contributed by atoms with Crippen LogP contribution in [0.2, 0.25) is 0 Å². The number of carbonyl (C=O) groups excluding carboxylic acids is 2. The lowest BCUT2D eigenvalue weighted by Crippen LogP contribution is -2.32. The Labute approximate surface area is 175 Å². The molecule has 29 heavy (non-hydrogen) atoms. The molecule has 3 nitrogen and oxygen atoms in total. The van der Waals surface area contributed by atoms with Crippen LogP contribution in [0.1, 0.15) is 22.3 Å². The third-order valence-corrected chi connectivity index (χ3v) is 6.29. The topological polar surface area (TPSA) is 37.4 Å². The molecule has 0 N–H and O–H groups in total. The number of hydrogen-bond donors (Lipinski definition) is 0. The minimum absolute atomic E-state index is 0.247. The highest BCUT2D eigenvalue weighted by Gasteiger charge is 2.40. The summed E-state index contributed by atoms with van der Waals surface area (Å²) in [6.45, 7) is 3.93. The molecular weight excluding hydrogens is 378 g/mol. The van der Waals surface area contributed by atoms with E-state index < -0.39 is 0 Å². The third-order valence-electron chi connectivity index (χ3n) is 5.15. The summed E-state index contributed by atoms with van der Waals surface area (Å²) in [6, 6.07) is 25.1. The zero-order valence-corrected chi connectivity index (χ0v) is 17.2. The first kappa shape index (κ1) is 19.2. The average molecular weight is 400 g/mol. The van der Waals surface area contributed by atoms with Crippen molar-refractivity contribution in [2.75, 3.05) is 4.90 Å². The molecule has 0 radical (unpaired) electrons. The highest BCUT2D eigenvalue weighted by Crippen LogP contribution is 2.40. The summed E-state index contributed by atoms with van der Waals surface area (Å²) >= 11 is 1.43. The Morgan fingerprint density at radius 1 is 0.759 bits per heavy atom. The fourth-order valence-electron chi connectivity index (χ4n) is 3.43. The number of rotatable bonds is 5. The van der Waals surface area contributed by atoms with Gasteiger partial charge in [-0.3, -0.25) is 9.59 Å². The normalized spacial score (nSPS) is 14.1. The van der Waals surface area contributed by atoms with Gasteiger partial charge in [0.15, 0.2) is 0 Å². The van der Waals surface area contributed by atoms with Crippen molar-refractivity contribution in [1.29, 1.82) is 0 Å². The number of anilines is 1. The van der Waals surface area contributed by atoms with Crippen molar-refractivity contribution in [3.63, 3.8) is 0 Å². The Bertz CT molecular complexity index is 1100. The summed E-state index contributed by atoms with van der Waals surface area (Å²) in [5, 5.41) is 0. The van der Waals surface area contributed by atoms with Crippen LogP contribution >= 0.6 is 11.8 Å². The summed E-state index contributed by atoms with van der Waals surface area (Å²) in [5.41, 5.74) is 5.02. The quantitative estimate of drug-likeness (QED) is 0.530. The van der Waals surface area contributed by atoms with Crippen LogP contribution in [-0.4, -0.2) is 11.8 Å². The lowest BCUT2D eigenvalue weighted by atomic mass is 10.1. The standard InChI is InChI=1S/C25H21NO2S/c1-17-10-9-15-21(18(17)2)26-24(27)22(20-13-7-4-8-14-20)23(25(26)28)29-16-19-11-5-3-6-12-19/h3-15H,16H2,1-2H3. The minimum atomic E-state index is -0.259. The van der Waals surface area contributed by atoms with Gasteiger partial charge in [-0.25, -0.2) is 4.90 Å². The van der Waals surface area contributed by atoms with Gasteiger partial charge in [0.1, 0.15) is 0 Å². The van der Waals surface area contributed by atoms with E-state index in [1.54, 1.807) is 0 Å². The first-order valence-electron chi connectivity index (χ1n) is 9.49. The Balaban J connectivity index is 1.77. The van der Waals surface area contributed by atoms with Gasteiger partial charge in [-0.2, -0.15) is 0 Å². The second-order valence-electron chi connectivity index (χ2n) is 7.01. The maximum absolute atomic E-state index is 13.4. The molecule has 0 fully saturated rings. The van der Waals surface area contributed by atoms with E-state index in [2.05, 4.69) is 0 Å². The van der Waals surface area contributed by atoms with Crippen LogP contribution in [-0.2, 0) is 15.3 Å². The molecule has 0 saturated carbocycles. The van der Waals surface area contributed by atoms with E-state index in [1.807, 2.05) is 92.7 Å². The summed E-state index contributed by atoms with van der Waals surface area (Å²) in [5.74, 6) is 0.126. The van der Waals surface area contributed by atoms with Gasteiger partial charge in [-0.05, 0) is 42.2 Å². The van der Waals surface area contributed by atoms with Gasteiger partial charge >= 0.3 is 0 Å². The monoisotopic (exact) mass is 399 g/mol. The fourth-order valence-corrected chi connectivity index (χ4v) is 4.50. The van der Waals surface area contributed by atoms with Crippen molar-refractivity contribution in [3.05, 3.63) is 106 Å². The largest absolute Gasteiger partial charge is 0.272 e. The molecular formula is C25H21NO2S. The van der Waals surface area contributed by atoms with Gasteiger partial charge in [0, 0.05) is 5.75 Å². The van der Waals surface area contributed by atoms with Crippen LogP contribution in [0.15, 0.2) is 83.8 Å². The molecule has 4 rings (SSSR count). The van der Waals surface area contributed by atoms with Gasteiger partial charge in [0.2, 0.25) is 0 Å². The highest BCUT2D eigenvalue weighted by atomic mass is 32.2. The third kappa shape index (κ3) is 3.64. The van der Waals surface area contributed by atoms with Crippen LogP contribution in [0.3, 0.4) is 0 Å². The second-order valence-corrected chi connectivity index (χ2v) is 7.99. The molecule has 3 aromatic carbocycles. The van der Waals surface area contributed by atoms with Crippen LogP contribution in [0.5, 0.6) is 0 Å². The maximum Gasteiger partial charge on any atom is 0.272 e. The molecule has 0 bridgehead atoms. The number of amides is 2. The van der Waals surface area contributed by atoms with E-state index in [0.717, 1.165) is 22.3 Å². The molecule has 4 heteroatoms. The van der Waals surface area contributed by atoms with Crippen molar-refractivity contribution in [2.45, 2.75) is 19.6 Å². The highest BCUT2D eigenvalue weighted by molar-refractivity contribution is 8.03. The first-order chi connectivity index (χ1) is 14.1. The predicted molar refractivity (Wildman–Crippen MR) is 120 cm³/mol. The Kier molecular flexibility index (Phi) is 5.36. The van der Waals surface area contributed by atoms with Crippen LogP contribution in [0.25, 0.3) is 5.57 Å². The lowest BCUT2D eigenvalue weighted by Gasteiger charge is -2.19. The number of aryl methyl sites for hydroxylation is 1. The Hall–Kier alpha value is -3.11. The summed E-state index contributed by atoms with van der Waals surface area (Å²) in [7, 11) is 0. The average Bonchev–Trinajstić information content (AvgIpc) is 2.99. The van der Waals surface area contributed by atoms with E-state index in [-0.39, 0.29) is 11.8 Å². The first-order valence-corrected chi connectivity index (χ1v) is 10.5. The number of nitrogens with zero attached hydrogens (tertiary/aromatic N) is 1. The van der Waals surface area contributed by atoms with E-state index >= 15 is 0 Å². The SMILES string of the molecule is Cc1cccc(N2C(=O)C(SCc3ccccc3)=C(c3ccccc3)C2=O)c1C. The van der Waals surface area contributed by atoms with Gasteiger partial charge in [0.05, 0.1) is 16.2 Å². The molecule has 0 unspecified atom stereocenters. The zero-order chi connectivity index (χ0) is 20.4. The molecule has 2 amide bonds. The number of imide groups is 1. The van der Waals surface area contributed by atoms with Crippen LogP contribution < -0.4 is 4.90 Å². The van der Waals surface area contributed by atoms with Crippen molar-refractivity contribution in [2.24, 2.45) is 0 Å². The van der Waals surface area contributed by atoms with Crippen molar-refractivity contribution < 1.29 is 9.59 Å². The minimum Gasteiger partial charge on any atom is -0.268 e. The molecule has 3 aromatic rings. The molecule has 0 saturated heterocycles. The zero-order valence-electron chi connectivity index (χ0n) is 16.4. The lowest BCUT2D eigenvalue weighted by molar-refractivity contribution is -0.119. The van der Waals surface area contributed by atoms with E-state index in [9.17, 15) is 9.59 Å². The summed E-state index contributed by atoms with van der Waals surface area (Å²) < 4.78 is 0. The van der Waals surface area contributed by atoms with Crippen molar-refractivity contribution in [3.8, 4) is 0 Å². The molecule has 0 aromatic heterocycles. The van der Waals surface area contributed by atoms with Crippen molar-refractivity contribution >= 4 is 34.8 Å². The van der Waals surface area contributed by atoms with Gasteiger partial charge < -0.3 is 0 Å². The molecule has 144 valence electrons. The Morgan fingerprint density at radius 3 is 2.10 bits per heavy atom. The number of benzene rings is 3. The molecule has 0 aliphatic carbocycles. The summed E-state index contributed by atoms with van der Waals surface area (Å²) in [4.78, 5) is 28.7. The summed E-state index contributed by atoms with van der Waals surface area (Å²) in [6.07, 6.45) is 0. The molecule has 1 aliphatic heterocycles. The van der Waals surface area contributed by atoms with Crippen LogP contribution in [0, 0.1) is 13.8 Å². The smallest absolute Gasteiger partial charge is 0.268 e. The second kappa shape index (κ2) is 8.10. The van der Waals surface area contributed by atoms with E-state index in [0.29, 0.717) is 21.9 Å². The van der Waals surface area contributed by atoms with E-state index in [4.69, 9.17) is 0 Å². The number of thioether (sulfide) groups is 1. The van der Waals surface area contributed by atoms with Gasteiger partial charge in [-0.1, -0.05) is 72.8 Å².